The van der Waals surface area contributed by atoms with Gasteiger partial charge in [-0.3, -0.25) is 19.3 Å². The summed E-state index contributed by atoms with van der Waals surface area (Å²) in [5.74, 6) is -4.55. The van der Waals surface area contributed by atoms with E-state index in [2.05, 4.69) is 26.2 Å². The van der Waals surface area contributed by atoms with Gasteiger partial charge in [0.2, 0.25) is 11.8 Å². The van der Waals surface area contributed by atoms with Crippen LogP contribution >= 0.6 is 15.9 Å². The standard InChI is InChI=1S/C34H35BrN4O9/c1-31-24(19-9-5-3-6-10-19)25(20-11-7-4-8-12-20)32(2,29(31)43)34(35)26(31)27(42)39(30(34)44)17-21-16-38(37-36-21)13-14-47-28-22(41)15-33(45,46)23(18-40)48-28/h3-12,16,22-23,26,28,40-41,45-46H,13-15,17-18H2,1-2H3. The first-order chi connectivity index (χ1) is 22.8. The Morgan fingerprint density at radius 3 is 2.25 bits per heavy atom. The molecule has 2 bridgehead atoms. The highest BCUT2D eigenvalue weighted by atomic mass is 79.9. The molecule has 7 atom stereocenters. The van der Waals surface area contributed by atoms with Crippen molar-refractivity contribution < 1.29 is 44.3 Å². The number of Topliss-reactive ketones (excluding diaryl/α,β-unsaturated/α-hetero) is 1. The summed E-state index contributed by atoms with van der Waals surface area (Å²) >= 11 is 3.75. The molecule has 7 unspecified atom stereocenters. The SMILES string of the molecule is CC12C(=O)C(C)(C(c3ccccc3)=C1c1ccccc1)C1(Br)C(=O)N(Cc3cn(CCOC4OC(CO)C(O)(O)CC4O)nn3)C(=O)C21. The molecule has 13 nitrogen and oxygen atoms in total. The second-order valence-corrected chi connectivity index (χ2v) is 14.4. The molecule has 0 spiro atoms. The number of ketones is 1. The quantitative estimate of drug-likeness (QED) is 0.142. The number of alkyl halides is 1. The summed E-state index contributed by atoms with van der Waals surface area (Å²) in [5.41, 5.74) is 0.777. The number of rotatable bonds is 9. The molecule has 3 fully saturated rings. The highest BCUT2D eigenvalue weighted by Crippen LogP contribution is 2.77. The van der Waals surface area contributed by atoms with Crippen molar-refractivity contribution in [2.24, 2.45) is 16.7 Å². The van der Waals surface area contributed by atoms with Crippen molar-refractivity contribution in [1.82, 2.24) is 19.9 Å². The van der Waals surface area contributed by atoms with Crippen molar-refractivity contribution in [2.45, 2.75) is 62.0 Å². The van der Waals surface area contributed by atoms with E-state index in [1.165, 1.54) is 4.68 Å². The van der Waals surface area contributed by atoms with Crippen molar-refractivity contribution in [3.63, 3.8) is 0 Å². The summed E-state index contributed by atoms with van der Waals surface area (Å²) in [6.45, 7) is 2.83. The Hall–Kier alpha value is -3.63. The van der Waals surface area contributed by atoms with E-state index in [0.717, 1.165) is 27.2 Å². The fourth-order valence-electron chi connectivity index (χ4n) is 8.19. The van der Waals surface area contributed by atoms with Gasteiger partial charge in [-0.2, -0.15) is 0 Å². The van der Waals surface area contributed by atoms with E-state index in [4.69, 9.17) is 9.47 Å². The molecule has 7 rings (SSSR count). The number of fused-ring (bicyclic) bond motifs is 5. The lowest BCUT2D eigenvalue weighted by Gasteiger charge is -2.41. The number of amides is 2. The molecular weight excluding hydrogens is 688 g/mol. The van der Waals surface area contributed by atoms with Gasteiger partial charge in [-0.1, -0.05) is 81.8 Å². The van der Waals surface area contributed by atoms with Crippen LogP contribution in [-0.2, 0) is 36.9 Å². The number of carbonyl (C=O) groups is 3. The Kier molecular flexibility index (Phi) is 7.86. The van der Waals surface area contributed by atoms with E-state index < -0.39 is 70.2 Å². The molecule has 14 heteroatoms. The number of likely N-dealkylation sites (tertiary alicyclic amines) is 1. The van der Waals surface area contributed by atoms with E-state index >= 15 is 0 Å². The number of benzene rings is 2. The molecule has 2 amide bonds. The van der Waals surface area contributed by atoms with E-state index in [9.17, 15) is 34.8 Å². The van der Waals surface area contributed by atoms with E-state index in [1.807, 2.05) is 60.7 Å². The van der Waals surface area contributed by atoms with Gasteiger partial charge in [0.05, 0.1) is 49.2 Å². The van der Waals surface area contributed by atoms with Crippen LogP contribution in [0, 0.1) is 16.7 Å². The predicted molar refractivity (Wildman–Crippen MR) is 171 cm³/mol. The summed E-state index contributed by atoms with van der Waals surface area (Å²) in [4.78, 5) is 44.5. The first-order valence-electron chi connectivity index (χ1n) is 15.7. The number of hydrogen-bond donors (Lipinski definition) is 4. The van der Waals surface area contributed by atoms with Crippen LogP contribution in [0.5, 0.6) is 0 Å². The van der Waals surface area contributed by atoms with Crippen LogP contribution in [0.2, 0.25) is 0 Å². The lowest BCUT2D eigenvalue weighted by molar-refractivity contribution is -0.350. The van der Waals surface area contributed by atoms with Crippen molar-refractivity contribution in [1.29, 1.82) is 0 Å². The number of carbonyl (C=O) groups excluding carboxylic acids is 3. The molecule has 3 heterocycles. The molecule has 0 radical (unpaired) electrons. The molecule has 3 aromatic rings. The van der Waals surface area contributed by atoms with Gasteiger partial charge in [0, 0.05) is 6.42 Å². The minimum absolute atomic E-state index is 0.0181. The predicted octanol–water partition coefficient (Wildman–Crippen LogP) is 1.28. The van der Waals surface area contributed by atoms with Gasteiger partial charge in [0.15, 0.2) is 17.9 Å². The number of allylic oxidation sites excluding steroid dienone is 2. The molecule has 2 aliphatic heterocycles. The van der Waals surface area contributed by atoms with Gasteiger partial charge in [-0.15, -0.1) is 5.10 Å². The molecular formula is C34H35BrN4O9. The lowest BCUT2D eigenvalue weighted by atomic mass is 9.63. The second kappa shape index (κ2) is 11.5. The van der Waals surface area contributed by atoms with Crippen LogP contribution in [0.1, 0.15) is 37.1 Å². The van der Waals surface area contributed by atoms with Crippen LogP contribution < -0.4 is 0 Å². The zero-order valence-corrected chi connectivity index (χ0v) is 27.8. The van der Waals surface area contributed by atoms with Crippen molar-refractivity contribution in [2.75, 3.05) is 13.2 Å². The number of imide groups is 1. The number of ether oxygens (including phenoxy) is 2. The molecule has 4 N–H and O–H groups in total. The third kappa shape index (κ3) is 4.47. The number of aliphatic hydroxyl groups is 4. The summed E-state index contributed by atoms with van der Waals surface area (Å²) in [6.07, 6.45) is -2.81. The van der Waals surface area contributed by atoms with E-state index in [0.29, 0.717) is 5.69 Å². The molecule has 252 valence electrons. The summed E-state index contributed by atoms with van der Waals surface area (Å²) in [6, 6.07) is 19.0. The smallest absolute Gasteiger partial charge is 0.248 e. The normalized spacial score (nSPS) is 34.0. The Balaban J connectivity index is 1.13. The monoisotopic (exact) mass is 722 g/mol. The zero-order chi connectivity index (χ0) is 34.2. The topological polar surface area (TPSA) is 185 Å². The van der Waals surface area contributed by atoms with Gasteiger partial charge in [-0.05, 0) is 36.1 Å². The van der Waals surface area contributed by atoms with Crippen molar-refractivity contribution in [3.8, 4) is 0 Å². The van der Waals surface area contributed by atoms with Crippen LogP contribution in [0.15, 0.2) is 66.9 Å². The third-order valence-electron chi connectivity index (χ3n) is 10.4. The Morgan fingerprint density at radius 2 is 1.62 bits per heavy atom. The van der Waals surface area contributed by atoms with Gasteiger partial charge >= 0.3 is 0 Å². The zero-order valence-electron chi connectivity index (χ0n) is 26.2. The first-order valence-corrected chi connectivity index (χ1v) is 16.4. The Bertz CT molecular complexity index is 1820. The van der Waals surface area contributed by atoms with Gasteiger partial charge in [0.25, 0.3) is 0 Å². The molecule has 1 aromatic heterocycles. The number of aromatic nitrogens is 3. The fourth-order valence-corrected chi connectivity index (χ4v) is 9.44. The van der Waals surface area contributed by atoms with Gasteiger partial charge in [-0.25, -0.2) is 4.68 Å². The van der Waals surface area contributed by atoms with Crippen LogP contribution in [0.4, 0.5) is 0 Å². The second-order valence-electron chi connectivity index (χ2n) is 13.2. The van der Waals surface area contributed by atoms with E-state index in [1.54, 1.807) is 20.0 Å². The lowest BCUT2D eigenvalue weighted by Crippen LogP contribution is -2.58. The number of halogens is 1. The molecule has 4 aliphatic rings. The van der Waals surface area contributed by atoms with Crippen molar-refractivity contribution in [3.05, 3.63) is 83.7 Å². The summed E-state index contributed by atoms with van der Waals surface area (Å²) in [7, 11) is 0. The Labute approximate surface area is 283 Å². The maximum absolute atomic E-state index is 14.6. The first kappa shape index (κ1) is 32.9. The number of nitrogens with zero attached hydrogens (tertiary/aromatic N) is 4. The van der Waals surface area contributed by atoms with Crippen LogP contribution in [0.3, 0.4) is 0 Å². The highest BCUT2D eigenvalue weighted by Gasteiger charge is 2.85. The van der Waals surface area contributed by atoms with Gasteiger partial charge < -0.3 is 29.9 Å². The highest BCUT2D eigenvalue weighted by molar-refractivity contribution is 9.10. The molecule has 2 saturated heterocycles. The maximum Gasteiger partial charge on any atom is 0.248 e. The molecule has 48 heavy (non-hydrogen) atoms. The fraction of sp³-hybridized carbons (Fsp3) is 0.441. The molecule has 2 aromatic carbocycles. The minimum Gasteiger partial charge on any atom is -0.393 e. The van der Waals surface area contributed by atoms with Crippen LogP contribution in [0.25, 0.3) is 11.1 Å². The molecule has 1 saturated carbocycles. The largest absolute Gasteiger partial charge is 0.393 e. The average molecular weight is 724 g/mol. The summed E-state index contributed by atoms with van der Waals surface area (Å²) < 4.78 is 10.8. The average Bonchev–Trinajstić information content (AvgIpc) is 3.69. The van der Waals surface area contributed by atoms with Crippen LogP contribution in [-0.4, -0.2) is 99.7 Å². The number of hydrogen-bond acceptors (Lipinski definition) is 11. The summed E-state index contributed by atoms with van der Waals surface area (Å²) in [5, 5.41) is 47.6. The van der Waals surface area contributed by atoms with Gasteiger partial charge in [0.1, 0.15) is 22.2 Å². The van der Waals surface area contributed by atoms with Crippen molar-refractivity contribution >= 4 is 44.7 Å². The molecule has 2 aliphatic carbocycles. The third-order valence-corrected chi connectivity index (χ3v) is 12.0. The maximum atomic E-state index is 14.6. The Morgan fingerprint density at radius 1 is 1.00 bits per heavy atom. The minimum atomic E-state index is -2.39. The number of aliphatic hydroxyl groups excluding tert-OH is 2. The van der Waals surface area contributed by atoms with E-state index in [-0.39, 0.29) is 25.5 Å².